The Morgan fingerprint density at radius 2 is 2.19 bits per heavy atom. The van der Waals surface area contributed by atoms with E-state index >= 15 is 0 Å². The van der Waals surface area contributed by atoms with Crippen molar-refractivity contribution < 1.29 is 8.42 Å². The third kappa shape index (κ3) is 2.77. The Balaban J connectivity index is 1.80. The average molecular weight is 245 g/mol. The van der Waals surface area contributed by atoms with Crippen molar-refractivity contribution in [1.29, 1.82) is 0 Å². The molecule has 0 amide bonds. The minimum atomic E-state index is -3.29. The molecule has 0 bridgehead atoms. The first kappa shape index (κ1) is 11.5. The van der Waals surface area contributed by atoms with Crippen molar-refractivity contribution in [2.24, 2.45) is 0 Å². The fourth-order valence-electron chi connectivity index (χ4n) is 1.67. The first-order valence-electron chi connectivity index (χ1n) is 5.27. The third-order valence-corrected chi connectivity index (χ3v) is 4.13. The Labute approximate surface area is 94.4 Å². The Kier molecular flexibility index (Phi) is 3.52. The number of H-pyrrole nitrogens is 1. The van der Waals surface area contributed by atoms with Crippen LogP contribution < -0.4 is 4.72 Å². The van der Waals surface area contributed by atoms with E-state index in [1.54, 1.807) is 0 Å². The van der Waals surface area contributed by atoms with Gasteiger partial charge in [0, 0.05) is 26.1 Å². The summed E-state index contributed by atoms with van der Waals surface area (Å²) < 4.78 is 27.5. The molecule has 0 radical (unpaired) electrons. The number of aromatic amines is 1. The molecule has 8 heteroatoms. The molecule has 1 aromatic heterocycles. The average Bonchev–Trinajstić information content (AvgIpc) is 2.90. The van der Waals surface area contributed by atoms with E-state index in [-0.39, 0.29) is 0 Å². The molecule has 2 N–H and O–H groups in total. The lowest BCUT2D eigenvalue weighted by molar-refractivity contribution is 0.465. The van der Waals surface area contributed by atoms with E-state index in [4.69, 9.17) is 0 Å². The van der Waals surface area contributed by atoms with Crippen molar-refractivity contribution >= 4 is 10.2 Å². The molecular weight excluding hydrogens is 230 g/mol. The minimum Gasteiger partial charge on any atom is -0.263 e. The SMILES string of the molecule is O=S(=O)(NCCc1ncn[nH]1)N1CCCC1. The van der Waals surface area contributed by atoms with Crippen molar-refractivity contribution in [3.63, 3.8) is 0 Å². The van der Waals surface area contributed by atoms with Crippen LogP contribution in [-0.4, -0.2) is 47.5 Å². The Hall–Kier alpha value is -0.990. The van der Waals surface area contributed by atoms with Crippen LogP contribution in [0.2, 0.25) is 0 Å². The molecule has 0 aliphatic carbocycles. The molecule has 1 aromatic rings. The topological polar surface area (TPSA) is 91.0 Å². The van der Waals surface area contributed by atoms with E-state index in [9.17, 15) is 8.42 Å². The molecular formula is C8H15N5O2S. The van der Waals surface area contributed by atoms with Gasteiger partial charge >= 0.3 is 0 Å². The monoisotopic (exact) mass is 245 g/mol. The maximum atomic E-state index is 11.7. The second-order valence-corrected chi connectivity index (χ2v) is 5.44. The number of hydrogen-bond donors (Lipinski definition) is 2. The van der Waals surface area contributed by atoms with Crippen molar-refractivity contribution in [2.45, 2.75) is 19.3 Å². The van der Waals surface area contributed by atoms with Gasteiger partial charge < -0.3 is 0 Å². The zero-order valence-electron chi connectivity index (χ0n) is 8.89. The number of rotatable bonds is 5. The highest BCUT2D eigenvalue weighted by atomic mass is 32.2. The van der Waals surface area contributed by atoms with Crippen LogP contribution >= 0.6 is 0 Å². The standard InChI is InChI=1S/C8H15N5O2S/c14-16(15,13-5-1-2-6-13)11-4-3-8-9-7-10-12-8/h7,11H,1-6H2,(H,9,10,12). The van der Waals surface area contributed by atoms with Gasteiger partial charge in [0.1, 0.15) is 12.2 Å². The van der Waals surface area contributed by atoms with Crippen LogP contribution in [0.25, 0.3) is 0 Å². The van der Waals surface area contributed by atoms with Crippen LogP contribution in [0, 0.1) is 0 Å². The van der Waals surface area contributed by atoms with Gasteiger partial charge in [-0.05, 0) is 12.8 Å². The highest BCUT2D eigenvalue weighted by Crippen LogP contribution is 2.10. The lowest BCUT2D eigenvalue weighted by Gasteiger charge is -2.15. The summed E-state index contributed by atoms with van der Waals surface area (Å²) in [6, 6.07) is 0. The summed E-state index contributed by atoms with van der Waals surface area (Å²) in [5.74, 6) is 0.684. The van der Waals surface area contributed by atoms with Gasteiger partial charge in [-0.3, -0.25) is 5.10 Å². The summed E-state index contributed by atoms with van der Waals surface area (Å²) in [6.45, 7) is 1.59. The minimum absolute atomic E-state index is 0.341. The fourth-order valence-corrected chi connectivity index (χ4v) is 2.95. The molecule has 1 aliphatic rings. The van der Waals surface area contributed by atoms with Crippen molar-refractivity contribution in [3.8, 4) is 0 Å². The molecule has 1 aliphatic heterocycles. The number of nitrogens with zero attached hydrogens (tertiary/aromatic N) is 3. The van der Waals surface area contributed by atoms with Crippen LogP contribution in [0.4, 0.5) is 0 Å². The summed E-state index contributed by atoms with van der Waals surface area (Å²) in [7, 11) is -3.29. The first-order valence-corrected chi connectivity index (χ1v) is 6.71. The van der Waals surface area contributed by atoms with E-state index in [2.05, 4.69) is 19.9 Å². The summed E-state index contributed by atoms with van der Waals surface area (Å²) in [6.07, 6.45) is 3.82. The van der Waals surface area contributed by atoms with Gasteiger partial charge in [-0.1, -0.05) is 0 Å². The zero-order chi connectivity index (χ0) is 11.4. The zero-order valence-corrected chi connectivity index (χ0v) is 9.70. The summed E-state index contributed by atoms with van der Waals surface area (Å²) in [4.78, 5) is 3.92. The lowest BCUT2D eigenvalue weighted by atomic mass is 10.4. The van der Waals surface area contributed by atoms with Crippen LogP contribution in [0.15, 0.2) is 6.33 Å². The molecule has 2 heterocycles. The van der Waals surface area contributed by atoms with E-state index in [0.717, 1.165) is 12.8 Å². The molecule has 0 aromatic carbocycles. The first-order chi connectivity index (χ1) is 7.68. The van der Waals surface area contributed by atoms with Gasteiger partial charge in [0.25, 0.3) is 10.2 Å². The molecule has 1 fully saturated rings. The summed E-state index contributed by atoms with van der Waals surface area (Å²) in [5, 5.41) is 6.37. The normalized spacial score (nSPS) is 18.0. The molecule has 0 unspecified atom stereocenters. The summed E-state index contributed by atoms with van der Waals surface area (Å²) in [5.41, 5.74) is 0. The van der Waals surface area contributed by atoms with Crippen LogP contribution in [0.5, 0.6) is 0 Å². The smallest absolute Gasteiger partial charge is 0.263 e. The highest BCUT2D eigenvalue weighted by Gasteiger charge is 2.24. The Morgan fingerprint density at radius 3 is 2.81 bits per heavy atom. The molecule has 2 rings (SSSR count). The third-order valence-electron chi connectivity index (χ3n) is 2.52. The largest absolute Gasteiger partial charge is 0.279 e. The number of nitrogens with one attached hydrogen (secondary N) is 2. The van der Waals surface area contributed by atoms with Gasteiger partial charge in [-0.25, -0.2) is 9.71 Å². The molecule has 0 saturated carbocycles. The number of aromatic nitrogens is 3. The quantitative estimate of drug-likeness (QED) is 0.716. The maximum Gasteiger partial charge on any atom is 0.279 e. The van der Waals surface area contributed by atoms with Gasteiger partial charge in [-0.2, -0.15) is 17.8 Å². The van der Waals surface area contributed by atoms with Gasteiger partial charge in [-0.15, -0.1) is 0 Å². The molecule has 90 valence electrons. The van der Waals surface area contributed by atoms with Gasteiger partial charge in [0.2, 0.25) is 0 Å². The second-order valence-electron chi connectivity index (χ2n) is 3.69. The van der Waals surface area contributed by atoms with E-state index in [0.29, 0.717) is 31.9 Å². The Morgan fingerprint density at radius 1 is 1.44 bits per heavy atom. The number of hydrogen-bond acceptors (Lipinski definition) is 4. The van der Waals surface area contributed by atoms with Crippen molar-refractivity contribution in [1.82, 2.24) is 24.2 Å². The highest BCUT2D eigenvalue weighted by molar-refractivity contribution is 7.87. The predicted molar refractivity (Wildman–Crippen MR) is 57.8 cm³/mol. The second kappa shape index (κ2) is 4.89. The molecule has 1 saturated heterocycles. The molecule has 0 atom stereocenters. The summed E-state index contributed by atoms with van der Waals surface area (Å²) >= 11 is 0. The van der Waals surface area contributed by atoms with Crippen molar-refractivity contribution in [3.05, 3.63) is 12.2 Å². The maximum absolute atomic E-state index is 11.7. The van der Waals surface area contributed by atoms with E-state index in [1.807, 2.05) is 0 Å². The fraction of sp³-hybridized carbons (Fsp3) is 0.750. The predicted octanol–water partition coefficient (Wildman–Crippen LogP) is -0.723. The van der Waals surface area contributed by atoms with E-state index < -0.39 is 10.2 Å². The van der Waals surface area contributed by atoms with E-state index in [1.165, 1.54) is 10.6 Å². The molecule has 16 heavy (non-hydrogen) atoms. The van der Waals surface area contributed by atoms with Gasteiger partial charge in [0.05, 0.1) is 0 Å². The molecule has 0 spiro atoms. The van der Waals surface area contributed by atoms with Crippen LogP contribution in [-0.2, 0) is 16.6 Å². The Bertz CT molecular complexity index is 410. The lowest BCUT2D eigenvalue weighted by Crippen LogP contribution is -2.39. The van der Waals surface area contributed by atoms with Crippen molar-refractivity contribution in [2.75, 3.05) is 19.6 Å². The van der Waals surface area contributed by atoms with Crippen LogP contribution in [0.3, 0.4) is 0 Å². The van der Waals surface area contributed by atoms with Crippen LogP contribution in [0.1, 0.15) is 18.7 Å². The van der Waals surface area contributed by atoms with Gasteiger partial charge in [0.15, 0.2) is 0 Å². The molecule has 7 nitrogen and oxygen atoms in total.